The predicted molar refractivity (Wildman–Crippen MR) is 112 cm³/mol. The van der Waals surface area contributed by atoms with Crippen LogP contribution in [0.15, 0.2) is 51.4 Å². The summed E-state index contributed by atoms with van der Waals surface area (Å²) < 4.78 is 1.72. The summed E-state index contributed by atoms with van der Waals surface area (Å²) in [4.78, 5) is 24.3. The molecule has 0 heterocycles. The van der Waals surface area contributed by atoms with Gasteiger partial charge in [0.05, 0.1) is 16.7 Å². The monoisotopic (exact) mass is 484 g/mol. The number of carbonyl (C=O) groups is 2. The Bertz CT molecular complexity index is 766. The van der Waals surface area contributed by atoms with Crippen LogP contribution in [0, 0.1) is 6.92 Å². The second-order valence-corrected chi connectivity index (χ2v) is 8.58. The maximum absolute atomic E-state index is 12.3. The molecule has 2 aromatic rings. The molecule has 0 aliphatic rings. The molecule has 0 aliphatic heterocycles. The van der Waals surface area contributed by atoms with Crippen LogP contribution in [0.2, 0.25) is 0 Å². The smallest absolute Gasteiger partial charge is 0.237 e. The molecular formula is C18H18Br2N2O2S. The first-order valence-corrected chi connectivity index (χ1v) is 10.2. The van der Waals surface area contributed by atoms with Gasteiger partial charge in [0.2, 0.25) is 11.8 Å². The third-order valence-corrected chi connectivity index (χ3v) is 5.65. The number of hydrogen-bond acceptors (Lipinski definition) is 3. The Morgan fingerprint density at radius 2 is 1.76 bits per heavy atom. The lowest BCUT2D eigenvalue weighted by Gasteiger charge is -2.13. The van der Waals surface area contributed by atoms with E-state index in [2.05, 4.69) is 42.5 Å². The van der Waals surface area contributed by atoms with Crippen LogP contribution in [0.4, 0.5) is 11.4 Å². The summed E-state index contributed by atoms with van der Waals surface area (Å²) in [6.07, 6.45) is 0. The van der Waals surface area contributed by atoms with Gasteiger partial charge < -0.3 is 10.6 Å². The van der Waals surface area contributed by atoms with E-state index in [1.54, 1.807) is 6.92 Å². The lowest BCUT2D eigenvalue weighted by atomic mass is 10.2. The minimum absolute atomic E-state index is 0.127. The Balaban J connectivity index is 1.82. The number of benzene rings is 2. The molecule has 4 nitrogen and oxygen atoms in total. The van der Waals surface area contributed by atoms with Crippen molar-refractivity contribution in [2.24, 2.45) is 0 Å². The van der Waals surface area contributed by atoms with E-state index in [0.29, 0.717) is 5.69 Å². The number of amides is 2. The van der Waals surface area contributed by atoms with Crippen LogP contribution >= 0.6 is 43.6 Å². The molecule has 132 valence electrons. The Kier molecular flexibility index (Phi) is 7.53. The van der Waals surface area contributed by atoms with Gasteiger partial charge in [0.25, 0.3) is 0 Å². The van der Waals surface area contributed by atoms with Crippen molar-refractivity contribution in [1.29, 1.82) is 0 Å². The van der Waals surface area contributed by atoms with Crippen molar-refractivity contribution < 1.29 is 9.59 Å². The van der Waals surface area contributed by atoms with E-state index in [-0.39, 0.29) is 22.8 Å². The van der Waals surface area contributed by atoms with Gasteiger partial charge in [-0.1, -0.05) is 33.6 Å². The van der Waals surface area contributed by atoms with Gasteiger partial charge >= 0.3 is 0 Å². The zero-order chi connectivity index (χ0) is 18.4. The van der Waals surface area contributed by atoms with Crippen molar-refractivity contribution >= 4 is 66.8 Å². The minimum atomic E-state index is -0.348. The summed E-state index contributed by atoms with van der Waals surface area (Å²) in [6, 6.07) is 13.1. The van der Waals surface area contributed by atoms with Crippen molar-refractivity contribution in [1.82, 2.24) is 0 Å². The molecule has 1 unspecified atom stereocenters. The second-order valence-electron chi connectivity index (χ2n) is 5.48. The molecular weight excluding hydrogens is 468 g/mol. The Morgan fingerprint density at radius 1 is 1.08 bits per heavy atom. The lowest BCUT2D eigenvalue weighted by molar-refractivity contribution is -0.115. The van der Waals surface area contributed by atoms with Crippen LogP contribution < -0.4 is 10.6 Å². The highest BCUT2D eigenvalue weighted by Crippen LogP contribution is 2.27. The summed E-state index contributed by atoms with van der Waals surface area (Å²) in [5.74, 6) is -0.0567. The first-order chi connectivity index (χ1) is 11.8. The number of anilines is 2. The molecule has 0 radical (unpaired) electrons. The molecule has 2 rings (SSSR count). The summed E-state index contributed by atoms with van der Waals surface area (Å²) >= 11 is 8.08. The van der Waals surface area contributed by atoms with Gasteiger partial charge in [-0.3, -0.25) is 9.59 Å². The highest BCUT2D eigenvalue weighted by molar-refractivity contribution is 9.11. The van der Waals surface area contributed by atoms with Crippen LogP contribution in [0.3, 0.4) is 0 Å². The van der Waals surface area contributed by atoms with Crippen molar-refractivity contribution in [3.63, 3.8) is 0 Å². The fourth-order valence-electron chi connectivity index (χ4n) is 1.94. The fraction of sp³-hybridized carbons (Fsp3) is 0.222. The Morgan fingerprint density at radius 3 is 2.40 bits per heavy atom. The third-order valence-electron chi connectivity index (χ3n) is 3.36. The molecule has 7 heteroatoms. The van der Waals surface area contributed by atoms with Crippen LogP contribution in [-0.2, 0) is 9.59 Å². The molecule has 1 atom stereocenters. The van der Waals surface area contributed by atoms with Gasteiger partial charge in [0, 0.05) is 14.6 Å². The van der Waals surface area contributed by atoms with Gasteiger partial charge in [0.15, 0.2) is 0 Å². The maximum Gasteiger partial charge on any atom is 0.237 e. The molecule has 2 aromatic carbocycles. The topological polar surface area (TPSA) is 58.2 Å². The van der Waals surface area contributed by atoms with Gasteiger partial charge in [-0.15, -0.1) is 11.8 Å². The van der Waals surface area contributed by atoms with E-state index in [1.165, 1.54) is 11.8 Å². The third kappa shape index (κ3) is 6.49. The molecule has 0 bridgehead atoms. The van der Waals surface area contributed by atoms with E-state index in [1.807, 2.05) is 49.4 Å². The molecule has 0 aliphatic carbocycles. The van der Waals surface area contributed by atoms with Gasteiger partial charge in [-0.05, 0) is 60.1 Å². The fourth-order valence-corrected chi connectivity index (χ4v) is 3.77. The molecule has 0 spiro atoms. The summed E-state index contributed by atoms with van der Waals surface area (Å²) in [6.45, 7) is 3.78. The number of thioether (sulfide) groups is 1. The number of carbonyl (C=O) groups excluding carboxylic acids is 2. The predicted octanol–water partition coefficient (Wildman–Crippen LogP) is 5.22. The molecule has 0 saturated heterocycles. The zero-order valence-corrected chi connectivity index (χ0v) is 17.8. The molecule has 0 fully saturated rings. The molecule has 2 N–H and O–H groups in total. The van der Waals surface area contributed by atoms with Gasteiger partial charge in [0.1, 0.15) is 0 Å². The number of hydrogen-bond donors (Lipinski definition) is 2. The first-order valence-electron chi connectivity index (χ1n) is 7.59. The largest absolute Gasteiger partial charge is 0.325 e. The highest BCUT2D eigenvalue weighted by Gasteiger charge is 2.16. The zero-order valence-electron chi connectivity index (χ0n) is 13.8. The van der Waals surface area contributed by atoms with Crippen LogP contribution in [0.5, 0.6) is 0 Å². The molecule has 0 aromatic heterocycles. The van der Waals surface area contributed by atoms with E-state index in [9.17, 15) is 9.59 Å². The van der Waals surface area contributed by atoms with Crippen molar-refractivity contribution in [2.75, 3.05) is 16.4 Å². The SMILES string of the molecule is Cc1ccc(NC(=O)CSC(C)C(=O)Nc2ccc(Br)cc2Br)cc1. The highest BCUT2D eigenvalue weighted by atomic mass is 79.9. The summed E-state index contributed by atoms with van der Waals surface area (Å²) in [5, 5.41) is 5.33. The van der Waals surface area contributed by atoms with E-state index in [0.717, 1.165) is 20.2 Å². The van der Waals surface area contributed by atoms with Crippen molar-refractivity contribution in [2.45, 2.75) is 19.1 Å². The van der Waals surface area contributed by atoms with E-state index in [4.69, 9.17) is 0 Å². The lowest BCUT2D eigenvalue weighted by Crippen LogP contribution is -2.25. The number of halogens is 2. The van der Waals surface area contributed by atoms with E-state index < -0.39 is 0 Å². The average molecular weight is 486 g/mol. The van der Waals surface area contributed by atoms with Gasteiger partial charge in [-0.2, -0.15) is 0 Å². The molecule has 0 saturated carbocycles. The second kappa shape index (κ2) is 9.40. The van der Waals surface area contributed by atoms with Crippen LogP contribution in [0.25, 0.3) is 0 Å². The first kappa shape index (κ1) is 20.0. The average Bonchev–Trinajstić information content (AvgIpc) is 2.57. The number of aryl methyl sites for hydroxylation is 1. The number of rotatable bonds is 6. The quantitative estimate of drug-likeness (QED) is 0.589. The Labute approximate surface area is 168 Å². The summed E-state index contributed by atoms with van der Waals surface area (Å²) in [7, 11) is 0. The number of nitrogens with one attached hydrogen (secondary N) is 2. The van der Waals surface area contributed by atoms with Crippen molar-refractivity contribution in [3.05, 3.63) is 57.0 Å². The van der Waals surface area contributed by atoms with E-state index >= 15 is 0 Å². The van der Waals surface area contributed by atoms with Gasteiger partial charge in [-0.25, -0.2) is 0 Å². The molecule has 2 amide bonds. The minimum Gasteiger partial charge on any atom is -0.325 e. The van der Waals surface area contributed by atoms with Crippen molar-refractivity contribution in [3.8, 4) is 0 Å². The van der Waals surface area contributed by atoms with Crippen LogP contribution in [0.1, 0.15) is 12.5 Å². The van der Waals surface area contributed by atoms with Crippen LogP contribution in [-0.4, -0.2) is 22.8 Å². The standard InChI is InChI=1S/C18H18Br2N2O2S/c1-11-3-6-14(7-4-11)21-17(23)10-25-12(2)18(24)22-16-8-5-13(19)9-15(16)20/h3-9,12H,10H2,1-2H3,(H,21,23)(H,22,24). The maximum atomic E-state index is 12.3. The normalized spacial score (nSPS) is 11.7. The Hall–Kier alpha value is -1.31. The summed E-state index contributed by atoms with van der Waals surface area (Å²) in [5.41, 5.74) is 2.59. The molecule has 25 heavy (non-hydrogen) atoms.